The standard InChI is InChI=1S/C7H11ClO3/c1-7(2,3)11-6(10)4-5(8)9/h4H2,1-3H3. The third-order valence-electron chi connectivity index (χ3n) is 0.703. The van der Waals surface area contributed by atoms with Gasteiger partial charge in [-0.05, 0) is 32.4 Å². The van der Waals surface area contributed by atoms with Gasteiger partial charge in [0.1, 0.15) is 12.0 Å². The molecule has 0 aliphatic carbocycles. The molecule has 0 aromatic heterocycles. The fraction of sp³-hybridized carbons (Fsp3) is 0.714. The summed E-state index contributed by atoms with van der Waals surface area (Å²) in [6.07, 6.45) is -0.362. The number of carbonyl (C=O) groups is 2. The minimum absolute atomic E-state index is 0.362. The molecule has 0 saturated heterocycles. The van der Waals surface area contributed by atoms with E-state index in [4.69, 9.17) is 16.3 Å². The van der Waals surface area contributed by atoms with Gasteiger partial charge in [-0.15, -0.1) is 0 Å². The number of esters is 1. The lowest BCUT2D eigenvalue weighted by Crippen LogP contribution is -2.24. The fourth-order valence-corrected chi connectivity index (χ4v) is 0.600. The summed E-state index contributed by atoms with van der Waals surface area (Å²) in [6.45, 7) is 5.18. The van der Waals surface area contributed by atoms with Gasteiger partial charge >= 0.3 is 5.97 Å². The van der Waals surface area contributed by atoms with Gasteiger partial charge in [-0.25, -0.2) is 0 Å². The summed E-state index contributed by atoms with van der Waals surface area (Å²) in [5.41, 5.74) is -0.552. The van der Waals surface area contributed by atoms with Crippen molar-refractivity contribution in [2.75, 3.05) is 0 Å². The summed E-state index contributed by atoms with van der Waals surface area (Å²) in [5, 5.41) is -0.695. The van der Waals surface area contributed by atoms with E-state index < -0.39 is 16.8 Å². The SMILES string of the molecule is CC(C)(C)OC(=O)CC(=O)Cl. The first kappa shape index (κ1) is 10.4. The Morgan fingerprint density at radius 2 is 1.82 bits per heavy atom. The molecular formula is C7H11ClO3. The number of rotatable bonds is 2. The predicted molar refractivity (Wildman–Crippen MR) is 41.3 cm³/mol. The molecule has 0 amide bonds. The van der Waals surface area contributed by atoms with Crippen LogP contribution in [0.1, 0.15) is 27.2 Å². The second-order valence-electron chi connectivity index (χ2n) is 3.12. The zero-order valence-corrected chi connectivity index (χ0v) is 7.57. The van der Waals surface area contributed by atoms with Crippen LogP contribution in [-0.4, -0.2) is 16.8 Å². The van der Waals surface area contributed by atoms with Crippen LogP contribution in [0.25, 0.3) is 0 Å². The molecule has 0 fully saturated rings. The van der Waals surface area contributed by atoms with Crippen LogP contribution in [0.4, 0.5) is 0 Å². The second-order valence-corrected chi connectivity index (χ2v) is 3.54. The number of ether oxygens (including phenoxy) is 1. The van der Waals surface area contributed by atoms with Crippen molar-refractivity contribution >= 4 is 22.8 Å². The van der Waals surface area contributed by atoms with Crippen molar-refractivity contribution in [3.63, 3.8) is 0 Å². The van der Waals surface area contributed by atoms with Crippen molar-refractivity contribution < 1.29 is 14.3 Å². The maximum atomic E-state index is 10.7. The van der Waals surface area contributed by atoms with E-state index in [2.05, 4.69) is 0 Å². The molecule has 0 saturated carbocycles. The number of hydrogen-bond donors (Lipinski definition) is 0. The van der Waals surface area contributed by atoms with Gasteiger partial charge in [0.05, 0.1) is 0 Å². The predicted octanol–water partition coefficient (Wildman–Crippen LogP) is 1.48. The summed E-state index contributed by atoms with van der Waals surface area (Å²) in [7, 11) is 0. The molecule has 0 unspecified atom stereocenters. The second kappa shape index (κ2) is 3.72. The highest BCUT2D eigenvalue weighted by molar-refractivity contribution is 6.64. The highest BCUT2D eigenvalue weighted by atomic mass is 35.5. The molecule has 0 heterocycles. The van der Waals surface area contributed by atoms with Crippen LogP contribution in [0.3, 0.4) is 0 Å². The van der Waals surface area contributed by atoms with Gasteiger partial charge in [0.15, 0.2) is 0 Å². The summed E-state index contributed by atoms with van der Waals surface area (Å²) >= 11 is 4.96. The normalized spacial score (nSPS) is 10.9. The highest BCUT2D eigenvalue weighted by Gasteiger charge is 2.17. The minimum Gasteiger partial charge on any atom is -0.460 e. The molecule has 11 heavy (non-hydrogen) atoms. The molecule has 0 spiro atoms. The van der Waals surface area contributed by atoms with E-state index in [0.717, 1.165) is 0 Å². The molecule has 64 valence electrons. The molecule has 0 bridgehead atoms. The Labute approximate surface area is 70.7 Å². The van der Waals surface area contributed by atoms with Gasteiger partial charge in [0, 0.05) is 0 Å². The molecular weight excluding hydrogens is 168 g/mol. The molecule has 0 radical (unpaired) electrons. The summed E-state index contributed by atoms with van der Waals surface area (Å²) < 4.78 is 4.80. The monoisotopic (exact) mass is 178 g/mol. The van der Waals surface area contributed by atoms with Crippen LogP contribution in [0.2, 0.25) is 0 Å². The molecule has 4 heteroatoms. The van der Waals surface area contributed by atoms with Crippen LogP contribution < -0.4 is 0 Å². The molecule has 0 aromatic carbocycles. The van der Waals surface area contributed by atoms with E-state index >= 15 is 0 Å². The van der Waals surface area contributed by atoms with Crippen LogP contribution in [0, 0.1) is 0 Å². The zero-order valence-electron chi connectivity index (χ0n) is 6.81. The third-order valence-corrected chi connectivity index (χ3v) is 0.837. The average molecular weight is 179 g/mol. The smallest absolute Gasteiger partial charge is 0.315 e. The molecule has 0 aliphatic heterocycles. The lowest BCUT2D eigenvalue weighted by Gasteiger charge is -2.18. The average Bonchev–Trinajstić information content (AvgIpc) is 1.53. The number of carbonyl (C=O) groups excluding carboxylic acids is 2. The summed E-state index contributed by atoms with van der Waals surface area (Å²) in [6, 6.07) is 0. The van der Waals surface area contributed by atoms with Gasteiger partial charge in [-0.2, -0.15) is 0 Å². The molecule has 0 N–H and O–H groups in total. The van der Waals surface area contributed by atoms with Crippen molar-refractivity contribution in [1.29, 1.82) is 0 Å². The van der Waals surface area contributed by atoms with Crippen molar-refractivity contribution in [2.45, 2.75) is 32.8 Å². The topological polar surface area (TPSA) is 43.4 Å². The lowest BCUT2D eigenvalue weighted by atomic mass is 10.2. The van der Waals surface area contributed by atoms with Crippen molar-refractivity contribution in [3.8, 4) is 0 Å². The van der Waals surface area contributed by atoms with E-state index in [1.165, 1.54) is 0 Å². The largest absolute Gasteiger partial charge is 0.460 e. The van der Waals surface area contributed by atoms with Crippen LogP contribution in [0.5, 0.6) is 0 Å². The van der Waals surface area contributed by atoms with Gasteiger partial charge in [0.25, 0.3) is 0 Å². The van der Waals surface area contributed by atoms with Crippen molar-refractivity contribution in [1.82, 2.24) is 0 Å². The van der Waals surface area contributed by atoms with Gasteiger partial charge < -0.3 is 4.74 Å². The molecule has 0 atom stereocenters. The van der Waals surface area contributed by atoms with E-state index in [-0.39, 0.29) is 6.42 Å². The van der Waals surface area contributed by atoms with E-state index in [0.29, 0.717) is 0 Å². The molecule has 0 aromatic rings. The maximum absolute atomic E-state index is 10.7. The first-order valence-electron chi connectivity index (χ1n) is 3.21. The number of halogens is 1. The Bertz CT molecular complexity index is 169. The molecule has 0 aliphatic rings. The first-order chi connectivity index (χ1) is 4.81. The third kappa shape index (κ3) is 7.33. The van der Waals surface area contributed by atoms with Crippen molar-refractivity contribution in [2.24, 2.45) is 0 Å². The van der Waals surface area contributed by atoms with Gasteiger partial charge in [0.2, 0.25) is 5.24 Å². The lowest BCUT2D eigenvalue weighted by molar-refractivity contribution is -0.155. The van der Waals surface area contributed by atoms with E-state index in [1.54, 1.807) is 20.8 Å². The summed E-state index contributed by atoms with van der Waals surface area (Å²) in [5.74, 6) is -0.586. The van der Waals surface area contributed by atoms with Gasteiger partial charge in [-0.3, -0.25) is 9.59 Å². The first-order valence-corrected chi connectivity index (χ1v) is 3.59. The number of hydrogen-bond acceptors (Lipinski definition) is 3. The molecule has 0 rings (SSSR count). The summed E-state index contributed by atoms with van der Waals surface area (Å²) in [4.78, 5) is 20.9. The quantitative estimate of drug-likeness (QED) is 0.366. The van der Waals surface area contributed by atoms with E-state index in [1.807, 2.05) is 0 Å². The van der Waals surface area contributed by atoms with Gasteiger partial charge in [-0.1, -0.05) is 0 Å². The fourth-order valence-electron chi connectivity index (χ4n) is 0.491. The Morgan fingerprint density at radius 3 is 2.09 bits per heavy atom. The van der Waals surface area contributed by atoms with Crippen LogP contribution >= 0.6 is 11.6 Å². The van der Waals surface area contributed by atoms with Crippen molar-refractivity contribution in [3.05, 3.63) is 0 Å². The highest BCUT2D eigenvalue weighted by Crippen LogP contribution is 2.08. The Kier molecular flexibility index (Phi) is 3.52. The van der Waals surface area contributed by atoms with E-state index in [9.17, 15) is 9.59 Å². The minimum atomic E-state index is -0.695. The Morgan fingerprint density at radius 1 is 1.36 bits per heavy atom. The van der Waals surface area contributed by atoms with Crippen LogP contribution in [-0.2, 0) is 14.3 Å². The molecule has 3 nitrogen and oxygen atoms in total. The van der Waals surface area contributed by atoms with Crippen LogP contribution in [0.15, 0.2) is 0 Å². The Balaban J connectivity index is 3.80. The Hall–Kier alpha value is -0.570. The zero-order chi connectivity index (χ0) is 9.07. The maximum Gasteiger partial charge on any atom is 0.315 e.